The predicted octanol–water partition coefficient (Wildman–Crippen LogP) is 3.40. The summed E-state index contributed by atoms with van der Waals surface area (Å²) >= 11 is 0. The van der Waals surface area contributed by atoms with E-state index in [9.17, 15) is 9.59 Å². The minimum atomic E-state index is -0.527. The van der Waals surface area contributed by atoms with E-state index in [0.717, 1.165) is 38.5 Å². The summed E-state index contributed by atoms with van der Waals surface area (Å²) in [5.74, 6) is 0.406. The van der Waals surface area contributed by atoms with Crippen molar-refractivity contribution in [1.82, 2.24) is 4.90 Å². The van der Waals surface area contributed by atoms with Crippen LogP contribution < -0.4 is 0 Å². The van der Waals surface area contributed by atoms with Crippen molar-refractivity contribution in [2.45, 2.75) is 77.0 Å². The van der Waals surface area contributed by atoms with Crippen molar-refractivity contribution < 1.29 is 28.5 Å². The van der Waals surface area contributed by atoms with E-state index in [0.29, 0.717) is 25.7 Å². The van der Waals surface area contributed by atoms with Crippen molar-refractivity contribution in [3.8, 4) is 0 Å². The van der Waals surface area contributed by atoms with Crippen molar-refractivity contribution in [2.75, 3.05) is 34.0 Å². The molecule has 1 saturated heterocycles. The number of nitrogens with zero attached hydrogens (tertiary/aromatic N) is 1. The van der Waals surface area contributed by atoms with Crippen molar-refractivity contribution in [2.24, 2.45) is 11.8 Å². The third-order valence-electron chi connectivity index (χ3n) is 5.63. The minimum absolute atomic E-state index is 0.0152. The molecule has 7 heteroatoms. The predicted molar refractivity (Wildman–Crippen MR) is 105 cm³/mol. The number of methoxy groups -OCH3 is 2. The van der Waals surface area contributed by atoms with E-state index in [1.165, 1.54) is 7.11 Å². The van der Waals surface area contributed by atoms with E-state index >= 15 is 0 Å². The topological polar surface area (TPSA) is 74.3 Å². The zero-order chi connectivity index (χ0) is 20.7. The van der Waals surface area contributed by atoms with Crippen LogP contribution in [0, 0.1) is 11.8 Å². The lowest BCUT2D eigenvalue weighted by Crippen LogP contribution is -2.47. The van der Waals surface area contributed by atoms with Crippen LogP contribution in [-0.2, 0) is 23.7 Å². The molecule has 0 radical (unpaired) electrons. The monoisotopic (exact) mass is 399 g/mol. The highest BCUT2D eigenvalue weighted by molar-refractivity contribution is 5.72. The van der Waals surface area contributed by atoms with Crippen LogP contribution in [0.2, 0.25) is 0 Å². The van der Waals surface area contributed by atoms with Gasteiger partial charge in [0.1, 0.15) is 5.60 Å². The zero-order valence-corrected chi connectivity index (χ0v) is 18.1. The van der Waals surface area contributed by atoms with Gasteiger partial charge in [-0.15, -0.1) is 0 Å². The molecule has 0 unspecified atom stereocenters. The Bertz CT molecular complexity index is 510. The van der Waals surface area contributed by atoms with Gasteiger partial charge in [-0.05, 0) is 65.2 Å². The van der Waals surface area contributed by atoms with Crippen molar-refractivity contribution >= 4 is 12.1 Å². The Morgan fingerprint density at radius 2 is 1.50 bits per heavy atom. The molecular weight excluding hydrogens is 362 g/mol. The van der Waals surface area contributed by atoms with Crippen LogP contribution in [-0.4, -0.2) is 68.7 Å². The molecule has 0 spiro atoms. The fourth-order valence-corrected chi connectivity index (χ4v) is 4.20. The smallest absolute Gasteiger partial charge is 0.410 e. The van der Waals surface area contributed by atoms with Crippen molar-refractivity contribution in [1.29, 1.82) is 0 Å². The van der Waals surface area contributed by atoms with Crippen LogP contribution in [0.1, 0.15) is 59.3 Å². The lowest BCUT2D eigenvalue weighted by molar-refractivity contribution is -0.147. The van der Waals surface area contributed by atoms with Gasteiger partial charge in [0.15, 0.2) is 0 Å². The number of hydrogen-bond donors (Lipinski definition) is 0. The molecule has 2 atom stereocenters. The van der Waals surface area contributed by atoms with E-state index < -0.39 is 5.60 Å². The first-order valence-corrected chi connectivity index (χ1v) is 10.4. The molecule has 7 nitrogen and oxygen atoms in total. The number of hydrogen-bond acceptors (Lipinski definition) is 6. The summed E-state index contributed by atoms with van der Waals surface area (Å²) in [6, 6.07) is 0.0466. The molecule has 1 amide bonds. The molecule has 162 valence electrons. The van der Waals surface area contributed by atoms with Crippen LogP contribution >= 0.6 is 0 Å². The Balaban J connectivity index is 1.81. The maximum atomic E-state index is 12.7. The van der Waals surface area contributed by atoms with Gasteiger partial charge in [-0.1, -0.05) is 0 Å². The highest BCUT2D eigenvalue weighted by Gasteiger charge is 2.39. The van der Waals surface area contributed by atoms with Gasteiger partial charge in [-0.25, -0.2) is 4.79 Å². The summed E-state index contributed by atoms with van der Waals surface area (Å²) in [5.41, 5.74) is -0.527. The molecular formula is C21H37NO6. The zero-order valence-electron chi connectivity index (χ0n) is 18.1. The second-order valence-corrected chi connectivity index (χ2v) is 9.01. The fourth-order valence-electron chi connectivity index (χ4n) is 4.20. The molecule has 1 saturated carbocycles. The number of amides is 1. The van der Waals surface area contributed by atoms with E-state index in [-0.39, 0.29) is 30.1 Å². The van der Waals surface area contributed by atoms with Crippen LogP contribution in [0.5, 0.6) is 0 Å². The molecule has 0 aromatic heterocycles. The average molecular weight is 400 g/mol. The summed E-state index contributed by atoms with van der Waals surface area (Å²) in [5, 5.41) is 0. The van der Waals surface area contributed by atoms with Crippen LogP contribution in [0.15, 0.2) is 0 Å². The van der Waals surface area contributed by atoms with Gasteiger partial charge >= 0.3 is 12.1 Å². The first-order chi connectivity index (χ1) is 13.2. The number of esters is 1. The number of ether oxygens (including phenoxy) is 4. The molecule has 28 heavy (non-hydrogen) atoms. The fraction of sp³-hybridized carbons (Fsp3) is 0.905. The number of rotatable bonds is 7. The molecule has 2 fully saturated rings. The standard InChI is InChI=1S/C21H37NO6/c1-21(2,3)28-20(24)22-17(13-25-4)10-11-18(22)14-27-12-15-6-8-16(9-7-15)19(23)26-5/h15-18H,6-14H2,1-5H3/t15?,16?,17-,18+/m1/s1. The number of carbonyl (C=O) groups is 2. The van der Waals surface area contributed by atoms with Gasteiger partial charge in [0.05, 0.1) is 38.3 Å². The number of carbonyl (C=O) groups excluding carboxylic acids is 2. The molecule has 1 aliphatic carbocycles. The first kappa shape index (κ1) is 22.9. The minimum Gasteiger partial charge on any atom is -0.469 e. The summed E-state index contributed by atoms with van der Waals surface area (Å²) < 4.78 is 21.7. The lowest BCUT2D eigenvalue weighted by Gasteiger charge is -2.33. The summed E-state index contributed by atoms with van der Waals surface area (Å²) in [4.78, 5) is 26.1. The number of likely N-dealkylation sites (tertiary alicyclic amines) is 1. The van der Waals surface area contributed by atoms with Gasteiger partial charge in [-0.2, -0.15) is 0 Å². The van der Waals surface area contributed by atoms with Crippen LogP contribution in [0.4, 0.5) is 4.79 Å². The Kier molecular flexibility index (Phi) is 8.56. The van der Waals surface area contributed by atoms with Crippen LogP contribution in [0.25, 0.3) is 0 Å². The molecule has 2 rings (SSSR count). The third kappa shape index (κ3) is 6.62. The van der Waals surface area contributed by atoms with E-state index in [4.69, 9.17) is 18.9 Å². The Morgan fingerprint density at radius 1 is 0.893 bits per heavy atom. The quantitative estimate of drug-likeness (QED) is 0.611. The van der Waals surface area contributed by atoms with Gasteiger partial charge in [0.25, 0.3) is 0 Å². The molecule has 0 aromatic rings. The average Bonchev–Trinajstić information content (AvgIpc) is 3.03. The summed E-state index contributed by atoms with van der Waals surface area (Å²) in [6.45, 7) is 7.32. The SMILES string of the molecule is COC[C@H]1CC[C@@H](COCC2CCC(C(=O)OC)CC2)N1C(=O)OC(C)(C)C. The normalized spacial score (nSPS) is 28.2. The second kappa shape index (κ2) is 10.4. The molecule has 2 aliphatic rings. The van der Waals surface area contributed by atoms with E-state index in [1.54, 1.807) is 7.11 Å². The maximum absolute atomic E-state index is 12.7. The molecule has 1 heterocycles. The highest BCUT2D eigenvalue weighted by Crippen LogP contribution is 2.31. The Labute approximate surface area is 169 Å². The summed E-state index contributed by atoms with van der Waals surface area (Å²) in [6.07, 6.45) is 5.18. The summed E-state index contributed by atoms with van der Waals surface area (Å²) in [7, 11) is 3.11. The largest absolute Gasteiger partial charge is 0.469 e. The van der Waals surface area contributed by atoms with Crippen LogP contribution in [0.3, 0.4) is 0 Å². The van der Waals surface area contributed by atoms with Gasteiger partial charge in [-0.3, -0.25) is 9.69 Å². The van der Waals surface area contributed by atoms with Gasteiger partial charge in [0, 0.05) is 13.7 Å². The first-order valence-electron chi connectivity index (χ1n) is 10.4. The van der Waals surface area contributed by atoms with Crippen molar-refractivity contribution in [3.05, 3.63) is 0 Å². The second-order valence-electron chi connectivity index (χ2n) is 9.01. The third-order valence-corrected chi connectivity index (χ3v) is 5.63. The Morgan fingerprint density at radius 3 is 2.04 bits per heavy atom. The van der Waals surface area contributed by atoms with E-state index in [1.807, 2.05) is 25.7 Å². The highest BCUT2D eigenvalue weighted by atomic mass is 16.6. The molecule has 1 aliphatic heterocycles. The van der Waals surface area contributed by atoms with Gasteiger partial charge in [0.2, 0.25) is 0 Å². The lowest BCUT2D eigenvalue weighted by atomic mass is 9.82. The molecule has 0 aromatic carbocycles. The molecule has 0 bridgehead atoms. The van der Waals surface area contributed by atoms with Crippen molar-refractivity contribution in [3.63, 3.8) is 0 Å². The Hall–Kier alpha value is -1.34. The van der Waals surface area contributed by atoms with Gasteiger partial charge < -0.3 is 18.9 Å². The maximum Gasteiger partial charge on any atom is 0.410 e. The molecule has 0 N–H and O–H groups in total. The van der Waals surface area contributed by atoms with E-state index in [2.05, 4.69) is 0 Å².